The van der Waals surface area contributed by atoms with Crippen LogP contribution in [-0.4, -0.2) is 71.0 Å². The summed E-state index contributed by atoms with van der Waals surface area (Å²) in [5.74, 6) is -4.82. The van der Waals surface area contributed by atoms with E-state index in [4.69, 9.17) is 19.9 Å². The monoisotopic (exact) mass is 695 g/mol. The molecule has 0 radical (unpaired) electrons. The van der Waals surface area contributed by atoms with Gasteiger partial charge in [-0.3, -0.25) is 4.79 Å². The first-order chi connectivity index (χ1) is 23.7. The van der Waals surface area contributed by atoms with Crippen molar-refractivity contribution < 1.29 is 36.6 Å². The van der Waals surface area contributed by atoms with Gasteiger partial charge in [0.2, 0.25) is 11.6 Å². The van der Waals surface area contributed by atoms with Gasteiger partial charge in [0.15, 0.2) is 5.13 Å². The molecular weight excluding hydrogens is 666 g/mol. The number of ketones is 1. The Balaban J connectivity index is 0.941. The molecule has 4 heterocycles. The van der Waals surface area contributed by atoms with Crippen LogP contribution in [0.25, 0.3) is 0 Å². The first-order valence-corrected chi connectivity index (χ1v) is 16.1. The molecule has 11 nitrogen and oxygen atoms in total. The molecule has 254 valence electrons. The molecule has 49 heavy (non-hydrogen) atoms. The van der Waals surface area contributed by atoms with E-state index in [1.807, 2.05) is 29.2 Å². The van der Waals surface area contributed by atoms with E-state index in [0.29, 0.717) is 43.1 Å². The molecule has 16 heteroatoms. The topological polar surface area (TPSA) is 121 Å². The molecule has 3 aromatic carbocycles. The van der Waals surface area contributed by atoms with Crippen LogP contribution in [0.3, 0.4) is 0 Å². The number of thiazole rings is 1. The molecule has 2 saturated heterocycles. The molecule has 0 spiro atoms. The van der Waals surface area contributed by atoms with Crippen LogP contribution < -0.4 is 20.3 Å². The molecule has 5 aromatic rings. The molecule has 2 aromatic heterocycles. The number of hydrogen-bond donors (Lipinski definition) is 1. The number of aromatic nitrogens is 4. The molecule has 2 unspecified atom stereocenters. The summed E-state index contributed by atoms with van der Waals surface area (Å²) < 4.78 is 75.7. The second-order valence-electron chi connectivity index (χ2n) is 11.5. The van der Waals surface area contributed by atoms with Crippen LogP contribution >= 0.6 is 11.3 Å². The van der Waals surface area contributed by atoms with Crippen LogP contribution in [0.2, 0.25) is 0 Å². The van der Waals surface area contributed by atoms with Crippen molar-refractivity contribution in [2.24, 2.45) is 0 Å². The maximum absolute atomic E-state index is 14.9. The smallest absolute Gasteiger partial charge is 0.218 e. The summed E-state index contributed by atoms with van der Waals surface area (Å²) >= 11 is 1.08. The quantitative estimate of drug-likeness (QED) is 0.162. The number of piperazine rings is 1. The largest absolute Gasteiger partial charge is 0.491 e. The fourth-order valence-electron chi connectivity index (χ4n) is 5.79. The maximum atomic E-state index is 14.9. The number of carbonyl (C=O) groups is 1. The Kier molecular flexibility index (Phi) is 8.92. The van der Waals surface area contributed by atoms with Crippen LogP contribution in [0.1, 0.15) is 20.8 Å². The highest BCUT2D eigenvalue weighted by Gasteiger charge is 2.46. The summed E-state index contributed by atoms with van der Waals surface area (Å²) in [6.07, 6.45) is 2.24. The summed E-state index contributed by atoms with van der Waals surface area (Å²) in [7, 11) is 0. The van der Waals surface area contributed by atoms with Crippen molar-refractivity contribution in [3.63, 3.8) is 0 Å². The second kappa shape index (κ2) is 13.4. The van der Waals surface area contributed by atoms with Gasteiger partial charge in [-0.15, -0.1) is 0 Å². The number of anilines is 3. The van der Waals surface area contributed by atoms with Crippen LogP contribution in [-0.2, 0) is 21.8 Å². The van der Waals surface area contributed by atoms with Crippen LogP contribution in [0.15, 0.2) is 73.3 Å². The number of benzene rings is 3. The fraction of sp³-hybridized carbons (Fsp3) is 0.273. The molecular formula is C33H29F4N7O4S. The van der Waals surface area contributed by atoms with Crippen molar-refractivity contribution in [3.8, 4) is 5.75 Å². The lowest BCUT2D eigenvalue weighted by atomic mass is 10.0. The number of halogens is 4. The van der Waals surface area contributed by atoms with Crippen molar-refractivity contribution in [2.45, 2.75) is 18.4 Å². The molecule has 2 atom stereocenters. The van der Waals surface area contributed by atoms with Crippen LogP contribution in [0, 0.1) is 23.3 Å². The lowest BCUT2D eigenvalue weighted by Gasteiger charge is -2.36. The third-order valence-corrected chi connectivity index (χ3v) is 9.38. The van der Waals surface area contributed by atoms with E-state index in [2.05, 4.69) is 20.0 Å². The zero-order chi connectivity index (χ0) is 34.1. The number of nitrogen functional groups attached to an aromatic ring is 1. The highest BCUT2D eigenvalue weighted by molar-refractivity contribution is 7.18. The molecule has 2 fully saturated rings. The Hall–Kier alpha value is -5.06. The van der Waals surface area contributed by atoms with Gasteiger partial charge in [0.05, 0.1) is 12.2 Å². The van der Waals surface area contributed by atoms with Gasteiger partial charge < -0.3 is 29.7 Å². The van der Waals surface area contributed by atoms with Gasteiger partial charge in [0, 0.05) is 49.6 Å². The zero-order valence-electron chi connectivity index (χ0n) is 25.8. The second-order valence-corrected chi connectivity index (χ2v) is 12.4. The number of nitrogens with zero attached hydrogens (tertiary/aromatic N) is 6. The highest BCUT2D eigenvalue weighted by atomic mass is 32.1. The van der Waals surface area contributed by atoms with E-state index in [-0.39, 0.29) is 41.6 Å². The van der Waals surface area contributed by atoms with E-state index in [0.717, 1.165) is 41.3 Å². The van der Waals surface area contributed by atoms with E-state index in [1.165, 1.54) is 23.4 Å². The van der Waals surface area contributed by atoms with Gasteiger partial charge in [-0.2, -0.15) is 5.10 Å². The lowest BCUT2D eigenvalue weighted by molar-refractivity contribution is -0.192. The molecule has 0 bridgehead atoms. The number of nitrogens with two attached hydrogens (primary N) is 1. The summed E-state index contributed by atoms with van der Waals surface area (Å²) in [6, 6.07) is 13.6. The van der Waals surface area contributed by atoms with Crippen molar-refractivity contribution in [1.82, 2.24) is 19.7 Å². The van der Waals surface area contributed by atoms with Gasteiger partial charge in [-0.25, -0.2) is 32.2 Å². The summed E-state index contributed by atoms with van der Waals surface area (Å²) in [4.78, 5) is 25.5. The first-order valence-electron chi connectivity index (χ1n) is 15.3. The van der Waals surface area contributed by atoms with Gasteiger partial charge >= 0.3 is 0 Å². The van der Waals surface area contributed by atoms with Gasteiger partial charge in [0.1, 0.15) is 71.6 Å². The predicted octanol–water partition coefficient (Wildman–Crippen LogP) is 4.78. The third-order valence-electron chi connectivity index (χ3n) is 8.25. The van der Waals surface area contributed by atoms with Crippen LogP contribution in [0.5, 0.6) is 5.75 Å². The standard InChI is InChI=1S/C33H29F4N7O4S/c34-20-1-7-25(27(36)13-20)29(45)30-31(38)41-32(49-30)43-11-9-42(10-12-43)22-3-5-23(6-4-22)46-15-24-16-47-33(48-24,17-44-19-39-18-40-44)26-8-2-21(35)14-28(26)37/h1-8,13-14,18-19,24H,9-12,15-17,38H2. The molecule has 2 aliphatic rings. The molecule has 7 rings (SSSR count). The minimum Gasteiger partial charge on any atom is -0.491 e. The summed E-state index contributed by atoms with van der Waals surface area (Å²) in [5.41, 5.74) is 6.79. The Morgan fingerprint density at radius 3 is 2.37 bits per heavy atom. The van der Waals surface area contributed by atoms with Gasteiger partial charge in [0.25, 0.3) is 0 Å². The van der Waals surface area contributed by atoms with Gasteiger partial charge in [-0.1, -0.05) is 11.3 Å². The first kappa shape index (κ1) is 32.5. The van der Waals surface area contributed by atoms with Gasteiger partial charge in [-0.05, 0) is 48.5 Å². The van der Waals surface area contributed by atoms with Crippen molar-refractivity contribution >= 4 is 33.8 Å². The van der Waals surface area contributed by atoms with E-state index < -0.39 is 40.9 Å². The van der Waals surface area contributed by atoms with Crippen molar-refractivity contribution in [3.05, 3.63) is 113 Å². The Bertz CT molecular complexity index is 1960. The Morgan fingerprint density at radius 1 is 0.959 bits per heavy atom. The van der Waals surface area contributed by atoms with E-state index >= 15 is 0 Å². The number of carbonyl (C=O) groups excluding carboxylic acids is 1. The molecule has 2 aliphatic heterocycles. The Labute approximate surface area is 281 Å². The van der Waals surface area contributed by atoms with Crippen LogP contribution in [0.4, 0.5) is 34.2 Å². The predicted molar refractivity (Wildman–Crippen MR) is 172 cm³/mol. The third kappa shape index (κ3) is 6.79. The van der Waals surface area contributed by atoms with E-state index in [1.54, 1.807) is 0 Å². The molecule has 0 amide bonds. The molecule has 0 saturated carbocycles. The lowest BCUT2D eigenvalue weighted by Crippen LogP contribution is -2.46. The summed E-state index contributed by atoms with van der Waals surface area (Å²) in [5, 5.41) is 4.63. The highest BCUT2D eigenvalue weighted by Crippen LogP contribution is 2.38. The van der Waals surface area contributed by atoms with E-state index in [9.17, 15) is 22.4 Å². The fourth-order valence-corrected chi connectivity index (χ4v) is 6.79. The normalized spacial score (nSPS) is 19.4. The number of rotatable bonds is 10. The average Bonchev–Trinajstić information content (AvgIpc) is 3.85. The Morgan fingerprint density at radius 2 is 1.67 bits per heavy atom. The zero-order valence-corrected chi connectivity index (χ0v) is 26.6. The maximum Gasteiger partial charge on any atom is 0.218 e. The SMILES string of the molecule is Nc1nc(N2CCN(c3ccc(OCC4COC(Cn5cncn5)(c5ccc(F)cc5F)O4)cc3)CC2)sc1C(=O)c1ccc(F)cc1F. The summed E-state index contributed by atoms with van der Waals surface area (Å²) in [6.45, 7) is 2.76. The van der Waals surface area contributed by atoms with Crippen molar-refractivity contribution in [1.29, 1.82) is 0 Å². The average molecular weight is 696 g/mol. The number of ether oxygens (including phenoxy) is 3. The minimum absolute atomic E-state index is 0.000784. The molecule has 2 N–H and O–H groups in total. The number of hydrogen-bond acceptors (Lipinski definition) is 11. The van der Waals surface area contributed by atoms with Crippen molar-refractivity contribution in [2.75, 3.05) is 54.9 Å². The minimum atomic E-state index is -1.55. The molecule has 0 aliphatic carbocycles.